The minimum Gasteiger partial charge on any atom is -0.351 e. The smallest absolute Gasteiger partial charge is 0.251 e. The largest absolute Gasteiger partial charge is 0.351 e. The highest BCUT2D eigenvalue weighted by molar-refractivity contribution is 5.94. The lowest BCUT2D eigenvalue weighted by Gasteiger charge is -2.14. The summed E-state index contributed by atoms with van der Waals surface area (Å²) < 4.78 is 0. The number of hydrogen-bond donors (Lipinski definition) is 1. The van der Waals surface area contributed by atoms with Crippen molar-refractivity contribution in [1.82, 2.24) is 5.32 Å². The predicted molar refractivity (Wildman–Crippen MR) is 67.9 cm³/mol. The summed E-state index contributed by atoms with van der Waals surface area (Å²) in [6.45, 7) is 0.799. The highest BCUT2D eigenvalue weighted by Crippen LogP contribution is 2.60. The van der Waals surface area contributed by atoms with Crippen LogP contribution in [-0.4, -0.2) is 12.5 Å². The van der Waals surface area contributed by atoms with Gasteiger partial charge < -0.3 is 5.32 Å². The van der Waals surface area contributed by atoms with Gasteiger partial charge in [-0.05, 0) is 55.2 Å². The Morgan fingerprint density at radius 2 is 2.22 bits per heavy atom. The van der Waals surface area contributed by atoms with Crippen LogP contribution < -0.4 is 5.32 Å². The zero-order valence-electron chi connectivity index (χ0n) is 10.3. The van der Waals surface area contributed by atoms with Crippen LogP contribution in [0.15, 0.2) is 24.3 Å². The molecule has 0 unspecified atom stereocenters. The number of nitrogens with one attached hydrogen (secondary N) is 1. The molecule has 2 fully saturated rings. The van der Waals surface area contributed by atoms with Crippen molar-refractivity contribution >= 4 is 5.91 Å². The SMILES string of the molecule is N#Cc1cccc(C(=O)NCC2(C3CC3)CC2)c1. The molecule has 1 amide bonds. The summed E-state index contributed by atoms with van der Waals surface area (Å²) in [5.74, 6) is 0.794. The molecular weight excluding hydrogens is 224 g/mol. The number of rotatable bonds is 4. The van der Waals surface area contributed by atoms with Crippen molar-refractivity contribution in [2.45, 2.75) is 25.7 Å². The van der Waals surface area contributed by atoms with Crippen LogP contribution >= 0.6 is 0 Å². The zero-order chi connectivity index (χ0) is 12.6. The molecule has 1 aromatic carbocycles. The van der Waals surface area contributed by atoms with Crippen LogP contribution in [0.3, 0.4) is 0 Å². The van der Waals surface area contributed by atoms with E-state index in [-0.39, 0.29) is 5.91 Å². The molecule has 1 N–H and O–H groups in total. The van der Waals surface area contributed by atoms with Crippen molar-refractivity contribution in [3.8, 4) is 6.07 Å². The van der Waals surface area contributed by atoms with Crippen LogP contribution in [0.4, 0.5) is 0 Å². The van der Waals surface area contributed by atoms with E-state index in [0.29, 0.717) is 16.5 Å². The summed E-state index contributed by atoms with van der Waals surface area (Å²) in [4.78, 5) is 12.0. The van der Waals surface area contributed by atoms with E-state index in [0.717, 1.165) is 12.5 Å². The number of amides is 1. The Hall–Kier alpha value is -1.82. The second-order valence-corrected chi connectivity index (χ2v) is 5.51. The molecule has 0 radical (unpaired) electrons. The summed E-state index contributed by atoms with van der Waals surface area (Å²) in [6, 6.07) is 8.92. The van der Waals surface area contributed by atoms with Gasteiger partial charge in [-0.25, -0.2) is 0 Å². The van der Waals surface area contributed by atoms with Crippen LogP contribution in [0.5, 0.6) is 0 Å². The summed E-state index contributed by atoms with van der Waals surface area (Å²) >= 11 is 0. The minimum atomic E-state index is -0.0565. The van der Waals surface area contributed by atoms with E-state index >= 15 is 0 Å². The van der Waals surface area contributed by atoms with E-state index in [1.165, 1.54) is 25.7 Å². The van der Waals surface area contributed by atoms with Gasteiger partial charge in [-0.2, -0.15) is 5.26 Å². The van der Waals surface area contributed by atoms with Gasteiger partial charge in [0, 0.05) is 12.1 Å². The fraction of sp³-hybridized carbons (Fsp3) is 0.467. The second-order valence-electron chi connectivity index (χ2n) is 5.51. The summed E-state index contributed by atoms with van der Waals surface area (Å²) in [6.07, 6.45) is 5.19. The van der Waals surface area contributed by atoms with Crippen molar-refractivity contribution in [2.24, 2.45) is 11.3 Å². The number of hydrogen-bond acceptors (Lipinski definition) is 2. The molecule has 0 aromatic heterocycles. The Morgan fingerprint density at radius 1 is 1.44 bits per heavy atom. The van der Waals surface area contributed by atoms with E-state index in [2.05, 4.69) is 11.4 Å². The molecule has 3 nitrogen and oxygen atoms in total. The number of carbonyl (C=O) groups is 1. The monoisotopic (exact) mass is 240 g/mol. The third-order valence-corrected chi connectivity index (χ3v) is 4.19. The zero-order valence-corrected chi connectivity index (χ0v) is 10.3. The summed E-state index contributed by atoms with van der Waals surface area (Å²) in [5, 5.41) is 11.8. The maximum Gasteiger partial charge on any atom is 0.251 e. The minimum absolute atomic E-state index is 0.0565. The predicted octanol–water partition coefficient (Wildman–Crippen LogP) is 2.48. The molecule has 2 saturated carbocycles. The Balaban J connectivity index is 1.62. The average molecular weight is 240 g/mol. The quantitative estimate of drug-likeness (QED) is 0.879. The van der Waals surface area contributed by atoms with E-state index < -0.39 is 0 Å². The first kappa shape index (κ1) is 11.3. The molecule has 92 valence electrons. The van der Waals surface area contributed by atoms with Gasteiger partial charge in [0.05, 0.1) is 11.6 Å². The molecule has 0 bridgehead atoms. The molecule has 2 aliphatic carbocycles. The first-order valence-corrected chi connectivity index (χ1v) is 6.52. The molecule has 3 rings (SSSR count). The first-order valence-electron chi connectivity index (χ1n) is 6.52. The lowest BCUT2D eigenvalue weighted by Crippen LogP contribution is -2.31. The van der Waals surface area contributed by atoms with Gasteiger partial charge in [-0.3, -0.25) is 4.79 Å². The fourth-order valence-corrected chi connectivity index (χ4v) is 2.67. The molecule has 0 saturated heterocycles. The molecule has 0 atom stereocenters. The van der Waals surface area contributed by atoms with Crippen molar-refractivity contribution in [2.75, 3.05) is 6.54 Å². The number of benzene rings is 1. The molecule has 2 aliphatic rings. The topological polar surface area (TPSA) is 52.9 Å². The molecule has 3 heteroatoms. The molecular formula is C15H16N2O. The Bertz CT molecular complexity index is 522. The van der Waals surface area contributed by atoms with Crippen LogP contribution in [0.25, 0.3) is 0 Å². The van der Waals surface area contributed by atoms with Crippen molar-refractivity contribution in [1.29, 1.82) is 5.26 Å². The van der Waals surface area contributed by atoms with Crippen LogP contribution in [0, 0.1) is 22.7 Å². The van der Waals surface area contributed by atoms with Gasteiger partial charge in [0.15, 0.2) is 0 Å². The number of nitrogens with zero attached hydrogens (tertiary/aromatic N) is 1. The van der Waals surface area contributed by atoms with Crippen molar-refractivity contribution < 1.29 is 4.79 Å². The maximum atomic E-state index is 12.0. The molecule has 0 spiro atoms. The van der Waals surface area contributed by atoms with Crippen LogP contribution in [0.1, 0.15) is 41.6 Å². The van der Waals surface area contributed by atoms with Crippen LogP contribution in [-0.2, 0) is 0 Å². The highest BCUT2D eigenvalue weighted by atomic mass is 16.1. The van der Waals surface area contributed by atoms with E-state index in [4.69, 9.17) is 5.26 Å². The van der Waals surface area contributed by atoms with Gasteiger partial charge in [0.1, 0.15) is 0 Å². The van der Waals surface area contributed by atoms with E-state index in [1.807, 2.05) is 0 Å². The summed E-state index contributed by atoms with van der Waals surface area (Å²) in [7, 11) is 0. The van der Waals surface area contributed by atoms with Crippen molar-refractivity contribution in [3.05, 3.63) is 35.4 Å². The molecule has 18 heavy (non-hydrogen) atoms. The van der Waals surface area contributed by atoms with Crippen molar-refractivity contribution in [3.63, 3.8) is 0 Å². The molecule has 1 aromatic rings. The third kappa shape index (κ3) is 2.11. The fourth-order valence-electron chi connectivity index (χ4n) is 2.67. The lowest BCUT2D eigenvalue weighted by atomic mass is 10.0. The number of carbonyl (C=O) groups excluding carboxylic acids is 1. The Labute approximate surface area is 107 Å². The number of nitriles is 1. The average Bonchev–Trinajstić information content (AvgIpc) is 3.28. The highest BCUT2D eigenvalue weighted by Gasteiger charge is 2.53. The third-order valence-electron chi connectivity index (χ3n) is 4.19. The Morgan fingerprint density at radius 3 is 2.83 bits per heavy atom. The maximum absolute atomic E-state index is 12.0. The van der Waals surface area contributed by atoms with Gasteiger partial charge in [-0.15, -0.1) is 0 Å². The van der Waals surface area contributed by atoms with E-state index in [1.54, 1.807) is 24.3 Å². The second kappa shape index (κ2) is 4.13. The normalized spacial score (nSPS) is 19.9. The standard InChI is InChI=1S/C15H16N2O/c16-9-11-2-1-3-12(8-11)14(18)17-10-15(6-7-15)13-4-5-13/h1-3,8,13H,4-7,10H2,(H,17,18). The lowest BCUT2D eigenvalue weighted by molar-refractivity contribution is 0.0942. The van der Waals surface area contributed by atoms with Gasteiger partial charge in [0.2, 0.25) is 0 Å². The summed E-state index contributed by atoms with van der Waals surface area (Å²) in [5.41, 5.74) is 1.54. The first-order chi connectivity index (χ1) is 8.73. The van der Waals surface area contributed by atoms with Gasteiger partial charge in [-0.1, -0.05) is 6.07 Å². The molecule has 0 aliphatic heterocycles. The Kier molecular flexibility index (Phi) is 2.59. The van der Waals surface area contributed by atoms with E-state index in [9.17, 15) is 4.79 Å². The van der Waals surface area contributed by atoms with Gasteiger partial charge in [0.25, 0.3) is 5.91 Å². The molecule has 0 heterocycles. The van der Waals surface area contributed by atoms with Gasteiger partial charge >= 0.3 is 0 Å². The van der Waals surface area contributed by atoms with Crippen LogP contribution in [0.2, 0.25) is 0 Å².